The summed E-state index contributed by atoms with van der Waals surface area (Å²) in [6, 6.07) is 7.79. The highest BCUT2D eigenvalue weighted by atomic mass is 32.1. The predicted octanol–water partition coefficient (Wildman–Crippen LogP) is 3.19. The number of ether oxygens (including phenoxy) is 1. The molecule has 0 aliphatic rings. The number of hydrogen-bond donors (Lipinski definition) is 1. The summed E-state index contributed by atoms with van der Waals surface area (Å²) in [5, 5.41) is 9.90. The molecule has 24 heavy (non-hydrogen) atoms. The second kappa shape index (κ2) is 6.93. The summed E-state index contributed by atoms with van der Waals surface area (Å²) in [7, 11) is 3.68. The summed E-state index contributed by atoms with van der Waals surface area (Å²) in [6.45, 7) is 4.92. The van der Waals surface area contributed by atoms with E-state index in [0.29, 0.717) is 0 Å². The highest BCUT2D eigenvalue weighted by molar-refractivity contribution is 7.17. The molecule has 0 unspecified atom stereocenters. The molecule has 0 fully saturated rings. The third-order valence-electron chi connectivity index (χ3n) is 4.35. The van der Waals surface area contributed by atoms with E-state index in [1.165, 1.54) is 10.6 Å². The van der Waals surface area contributed by atoms with Crippen molar-refractivity contribution in [1.29, 1.82) is 0 Å². The number of methoxy groups -OCH3 is 1. The van der Waals surface area contributed by atoms with Gasteiger partial charge in [0.05, 0.1) is 31.1 Å². The number of thiazole rings is 1. The van der Waals surface area contributed by atoms with Gasteiger partial charge in [-0.15, -0.1) is 11.3 Å². The molecule has 0 saturated heterocycles. The van der Waals surface area contributed by atoms with Crippen molar-refractivity contribution in [1.82, 2.24) is 14.3 Å². The van der Waals surface area contributed by atoms with Crippen molar-refractivity contribution in [2.75, 3.05) is 20.8 Å². The number of aryl methyl sites for hydroxylation is 2. The third-order valence-corrected chi connectivity index (χ3v) is 5.24. The van der Waals surface area contributed by atoms with Crippen molar-refractivity contribution >= 4 is 16.3 Å². The summed E-state index contributed by atoms with van der Waals surface area (Å²) in [6.07, 6.45) is 2.13. The van der Waals surface area contributed by atoms with Gasteiger partial charge in [-0.3, -0.25) is 9.30 Å². The SMILES string of the molecule is COc1ccc([C@H](CO)N(C)Cc2c(C)nc3sc(C)cn23)cc1. The fraction of sp³-hybridized carbons (Fsp3) is 0.389. The summed E-state index contributed by atoms with van der Waals surface area (Å²) < 4.78 is 7.37. The number of aromatic nitrogens is 2. The number of imidazole rings is 1. The minimum absolute atomic E-state index is 0.0620. The quantitative estimate of drug-likeness (QED) is 0.745. The van der Waals surface area contributed by atoms with Gasteiger partial charge in [-0.1, -0.05) is 12.1 Å². The van der Waals surface area contributed by atoms with E-state index < -0.39 is 0 Å². The summed E-state index contributed by atoms with van der Waals surface area (Å²) in [4.78, 5) is 9.07. The molecule has 0 radical (unpaired) electrons. The van der Waals surface area contributed by atoms with Crippen LogP contribution in [0.15, 0.2) is 30.5 Å². The number of rotatable bonds is 6. The van der Waals surface area contributed by atoms with Gasteiger partial charge in [0.1, 0.15) is 5.75 Å². The largest absolute Gasteiger partial charge is 0.497 e. The Morgan fingerprint density at radius 2 is 2.00 bits per heavy atom. The van der Waals surface area contributed by atoms with E-state index in [-0.39, 0.29) is 12.6 Å². The zero-order chi connectivity index (χ0) is 17.3. The molecule has 1 aromatic carbocycles. The molecule has 0 saturated carbocycles. The van der Waals surface area contributed by atoms with E-state index >= 15 is 0 Å². The Morgan fingerprint density at radius 1 is 1.29 bits per heavy atom. The number of benzene rings is 1. The molecule has 1 N–H and O–H groups in total. The van der Waals surface area contributed by atoms with Crippen LogP contribution >= 0.6 is 11.3 Å². The lowest BCUT2D eigenvalue weighted by molar-refractivity contribution is 0.141. The summed E-state index contributed by atoms with van der Waals surface area (Å²) in [5.74, 6) is 0.820. The predicted molar refractivity (Wildman–Crippen MR) is 96.8 cm³/mol. The third kappa shape index (κ3) is 3.17. The van der Waals surface area contributed by atoms with Crippen LogP contribution in [0, 0.1) is 13.8 Å². The molecule has 0 bridgehead atoms. The molecule has 2 heterocycles. The standard InChI is InChI=1S/C18H23N3O2S/c1-12-9-21-16(13(2)19-18(21)24-12)10-20(3)17(11-22)14-5-7-15(23-4)8-6-14/h5-9,17,22H,10-11H2,1-4H3/t17-/m0/s1. The lowest BCUT2D eigenvalue weighted by atomic mass is 10.1. The molecule has 6 heteroatoms. The van der Waals surface area contributed by atoms with Gasteiger partial charge in [0, 0.05) is 17.6 Å². The smallest absolute Gasteiger partial charge is 0.194 e. The van der Waals surface area contributed by atoms with Gasteiger partial charge in [-0.2, -0.15) is 0 Å². The Hall–Kier alpha value is -1.89. The first-order valence-corrected chi connectivity index (χ1v) is 8.74. The Balaban J connectivity index is 1.85. The van der Waals surface area contributed by atoms with Gasteiger partial charge >= 0.3 is 0 Å². The highest BCUT2D eigenvalue weighted by Gasteiger charge is 2.20. The molecular formula is C18H23N3O2S. The monoisotopic (exact) mass is 345 g/mol. The van der Waals surface area contributed by atoms with E-state index in [1.54, 1.807) is 18.4 Å². The molecule has 0 aliphatic carbocycles. The minimum atomic E-state index is -0.0689. The van der Waals surface area contributed by atoms with E-state index in [2.05, 4.69) is 27.4 Å². The summed E-state index contributed by atoms with van der Waals surface area (Å²) in [5.41, 5.74) is 3.28. The lowest BCUT2D eigenvalue weighted by Crippen LogP contribution is -2.27. The van der Waals surface area contributed by atoms with Crippen molar-refractivity contribution in [3.05, 3.63) is 52.3 Å². The lowest BCUT2D eigenvalue weighted by Gasteiger charge is -2.27. The van der Waals surface area contributed by atoms with Crippen LogP contribution in [0.5, 0.6) is 5.75 Å². The van der Waals surface area contributed by atoms with Gasteiger partial charge in [0.2, 0.25) is 0 Å². The normalized spacial score (nSPS) is 12.9. The van der Waals surface area contributed by atoms with E-state index in [4.69, 9.17) is 4.74 Å². The second-order valence-electron chi connectivity index (χ2n) is 6.02. The zero-order valence-corrected chi connectivity index (χ0v) is 15.3. The number of aliphatic hydroxyl groups excluding tert-OH is 1. The van der Waals surface area contributed by atoms with E-state index in [9.17, 15) is 5.11 Å². The average molecular weight is 345 g/mol. The van der Waals surface area contributed by atoms with Crippen LogP contribution in [0.3, 0.4) is 0 Å². The first-order chi connectivity index (χ1) is 11.5. The minimum Gasteiger partial charge on any atom is -0.497 e. The van der Waals surface area contributed by atoms with Crippen LogP contribution in [-0.2, 0) is 6.54 Å². The van der Waals surface area contributed by atoms with Crippen LogP contribution < -0.4 is 4.74 Å². The van der Waals surface area contributed by atoms with Crippen molar-refractivity contribution in [2.45, 2.75) is 26.4 Å². The molecule has 0 aliphatic heterocycles. The van der Waals surface area contributed by atoms with Crippen molar-refractivity contribution in [3.63, 3.8) is 0 Å². The van der Waals surface area contributed by atoms with Crippen molar-refractivity contribution < 1.29 is 9.84 Å². The van der Waals surface area contributed by atoms with Crippen LogP contribution in [-0.4, -0.2) is 40.2 Å². The molecule has 2 aromatic heterocycles. The Labute approximate surface area is 146 Å². The molecule has 0 spiro atoms. The molecule has 3 aromatic rings. The first kappa shape index (κ1) is 17.0. The number of aliphatic hydroxyl groups is 1. The van der Waals surface area contributed by atoms with Gasteiger partial charge in [0.15, 0.2) is 4.96 Å². The fourth-order valence-electron chi connectivity index (χ4n) is 2.97. The maximum atomic E-state index is 9.90. The molecule has 5 nitrogen and oxygen atoms in total. The fourth-order valence-corrected chi connectivity index (χ4v) is 3.86. The van der Waals surface area contributed by atoms with Crippen LogP contribution in [0.4, 0.5) is 0 Å². The van der Waals surface area contributed by atoms with Gasteiger partial charge < -0.3 is 9.84 Å². The van der Waals surface area contributed by atoms with E-state index in [0.717, 1.165) is 28.5 Å². The Bertz CT molecular complexity index is 823. The highest BCUT2D eigenvalue weighted by Crippen LogP contribution is 2.26. The zero-order valence-electron chi connectivity index (χ0n) is 14.5. The van der Waals surface area contributed by atoms with Gasteiger partial charge in [0.25, 0.3) is 0 Å². The van der Waals surface area contributed by atoms with Gasteiger partial charge in [-0.05, 0) is 38.6 Å². The molecular weight excluding hydrogens is 322 g/mol. The number of hydrogen-bond acceptors (Lipinski definition) is 5. The average Bonchev–Trinajstić information content (AvgIpc) is 3.05. The number of likely N-dealkylation sites (N-methyl/N-ethyl adjacent to an activating group) is 1. The second-order valence-corrected chi connectivity index (χ2v) is 7.24. The molecule has 1 atom stereocenters. The van der Waals surface area contributed by atoms with Crippen LogP contribution in [0.1, 0.15) is 27.9 Å². The molecule has 128 valence electrons. The van der Waals surface area contributed by atoms with Gasteiger partial charge in [-0.25, -0.2) is 4.98 Å². The van der Waals surface area contributed by atoms with Crippen LogP contribution in [0.25, 0.3) is 4.96 Å². The first-order valence-electron chi connectivity index (χ1n) is 7.92. The van der Waals surface area contributed by atoms with Crippen molar-refractivity contribution in [2.24, 2.45) is 0 Å². The van der Waals surface area contributed by atoms with Crippen molar-refractivity contribution in [3.8, 4) is 5.75 Å². The topological polar surface area (TPSA) is 50.0 Å². The maximum absolute atomic E-state index is 9.90. The Morgan fingerprint density at radius 3 is 2.62 bits per heavy atom. The number of fused-ring (bicyclic) bond motifs is 1. The molecule has 3 rings (SSSR count). The Kier molecular flexibility index (Phi) is 4.89. The maximum Gasteiger partial charge on any atom is 0.194 e. The molecule has 0 amide bonds. The summed E-state index contributed by atoms with van der Waals surface area (Å²) >= 11 is 1.70. The number of nitrogens with zero attached hydrogens (tertiary/aromatic N) is 3. The van der Waals surface area contributed by atoms with Crippen LogP contribution in [0.2, 0.25) is 0 Å². The van der Waals surface area contributed by atoms with E-state index in [1.807, 2.05) is 38.2 Å².